The molecule has 1 atom stereocenters. The molecule has 0 aromatic heterocycles. The van der Waals surface area contributed by atoms with Gasteiger partial charge >= 0.3 is 5.97 Å². The number of halogens is 1. The van der Waals surface area contributed by atoms with E-state index in [9.17, 15) is 19.7 Å². The fourth-order valence-electron chi connectivity index (χ4n) is 2.32. The number of carbonyl (C=O) groups excluding carboxylic acids is 2. The highest BCUT2D eigenvalue weighted by atomic mass is 79.9. The van der Waals surface area contributed by atoms with E-state index in [1.165, 1.54) is 12.1 Å². The van der Waals surface area contributed by atoms with Gasteiger partial charge in [0.25, 0.3) is 11.6 Å². The zero-order valence-corrected chi connectivity index (χ0v) is 15.6. The first kappa shape index (κ1) is 19.6. The molecular weight excluding hydrogens is 404 g/mol. The summed E-state index contributed by atoms with van der Waals surface area (Å²) in [6.45, 7) is 1.86. The number of nitro groups is 1. The lowest BCUT2D eigenvalue weighted by Gasteiger charge is -2.17. The average Bonchev–Trinajstić information content (AvgIpc) is 2.62. The van der Waals surface area contributed by atoms with Gasteiger partial charge in [-0.15, -0.1) is 0 Å². The third kappa shape index (κ3) is 5.13. The topological polar surface area (TPSA) is 98.5 Å². The number of carbonyl (C=O) groups is 2. The van der Waals surface area contributed by atoms with E-state index < -0.39 is 22.8 Å². The van der Waals surface area contributed by atoms with Gasteiger partial charge in [-0.1, -0.05) is 30.3 Å². The Hall–Kier alpha value is -2.74. The molecule has 1 amide bonds. The van der Waals surface area contributed by atoms with Crippen molar-refractivity contribution in [1.29, 1.82) is 0 Å². The van der Waals surface area contributed by atoms with Crippen LogP contribution in [0.4, 0.5) is 5.69 Å². The number of nitrogens with one attached hydrogen (secondary N) is 1. The van der Waals surface area contributed by atoms with Crippen LogP contribution >= 0.6 is 15.9 Å². The van der Waals surface area contributed by atoms with Crippen LogP contribution in [0, 0.1) is 10.1 Å². The lowest BCUT2D eigenvalue weighted by molar-refractivity contribution is -0.385. The first-order valence-electron chi connectivity index (χ1n) is 7.87. The van der Waals surface area contributed by atoms with Gasteiger partial charge in [-0.05, 0) is 40.5 Å². The van der Waals surface area contributed by atoms with Gasteiger partial charge in [0.05, 0.1) is 16.0 Å². The molecule has 0 bridgehead atoms. The SMILES string of the molecule is CCOC(=O)C(Cc1ccccc1)NC(=O)c1ccc(Br)c([N+](=O)[O-])c1. The van der Waals surface area contributed by atoms with Gasteiger partial charge in [-0.2, -0.15) is 0 Å². The highest BCUT2D eigenvalue weighted by molar-refractivity contribution is 9.10. The fourth-order valence-corrected chi connectivity index (χ4v) is 2.71. The van der Waals surface area contributed by atoms with E-state index >= 15 is 0 Å². The molecule has 0 radical (unpaired) electrons. The van der Waals surface area contributed by atoms with Crippen molar-refractivity contribution in [2.24, 2.45) is 0 Å². The first-order valence-corrected chi connectivity index (χ1v) is 8.67. The smallest absolute Gasteiger partial charge is 0.328 e. The average molecular weight is 421 g/mol. The second-order valence-electron chi connectivity index (χ2n) is 5.39. The van der Waals surface area contributed by atoms with Crippen molar-refractivity contribution in [1.82, 2.24) is 5.32 Å². The summed E-state index contributed by atoms with van der Waals surface area (Å²) in [5.74, 6) is -1.15. The minimum Gasteiger partial charge on any atom is -0.464 e. The summed E-state index contributed by atoms with van der Waals surface area (Å²) in [6, 6.07) is 12.3. The fraction of sp³-hybridized carbons (Fsp3) is 0.222. The second kappa shape index (κ2) is 9.10. The summed E-state index contributed by atoms with van der Waals surface area (Å²) < 4.78 is 5.29. The lowest BCUT2D eigenvalue weighted by Crippen LogP contribution is -2.43. The van der Waals surface area contributed by atoms with E-state index in [0.717, 1.165) is 11.6 Å². The van der Waals surface area contributed by atoms with Crippen LogP contribution in [-0.4, -0.2) is 29.4 Å². The van der Waals surface area contributed by atoms with Gasteiger partial charge in [0, 0.05) is 18.1 Å². The highest BCUT2D eigenvalue weighted by Gasteiger charge is 2.24. The Labute approximate surface area is 158 Å². The van der Waals surface area contributed by atoms with Gasteiger partial charge in [-0.25, -0.2) is 4.79 Å². The van der Waals surface area contributed by atoms with E-state index in [4.69, 9.17) is 4.74 Å². The summed E-state index contributed by atoms with van der Waals surface area (Å²) in [5, 5.41) is 13.6. The van der Waals surface area contributed by atoms with Crippen LogP contribution in [0.1, 0.15) is 22.8 Å². The van der Waals surface area contributed by atoms with Crippen LogP contribution in [-0.2, 0) is 16.0 Å². The van der Waals surface area contributed by atoms with Crippen molar-refractivity contribution in [2.45, 2.75) is 19.4 Å². The monoisotopic (exact) mass is 420 g/mol. The van der Waals surface area contributed by atoms with Gasteiger partial charge in [-0.3, -0.25) is 14.9 Å². The zero-order chi connectivity index (χ0) is 19.1. The third-order valence-corrected chi connectivity index (χ3v) is 4.23. The molecule has 0 heterocycles. The second-order valence-corrected chi connectivity index (χ2v) is 6.25. The number of nitro benzene ring substituents is 1. The summed E-state index contributed by atoms with van der Waals surface area (Å²) in [5.41, 5.74) is 0.711. The molecule has 0 fully saturated rings. The van der Waals surface area contributed by atoms with E-state index in [2.05, 4.69) is 21.2 Å². The molecule has 2 rings (SSSR count). The minimum absolute atomic E-state index is 0.0854. The predicted octanol–water partition coefficient (Wildman–Crippen LogP) is 3.26. The van der Waals surface area contributed by atoms with Crippen LogP contribution in [0.25, 0.3) is 0 Å². The van der Waals surface area contributed by atoms with Crippen molar-refractivity contribution in [3.05, 3.63) is 74.2 Å². The summed E-state index contributed by atoms with van der Waals surface area (Å²) in [6.07, 6.45) is 0.254. The van der Waals surface area contributed by atoms with Gasteiger partial charge in [0.2, 0.25) is 0 Å². The summed E-state index contributed by atoms with van der Waals surface area (Å²) in [4.78, 5) is 35.1. The molecular formula is C18H17BrN2O5. The molecule has 2 aromatic rings. The molecule has 0 aliphatic rings. The Balaban J connectivity index is 2.21. The quantitative estimate of drug-likeness (QED) is 0.421. The van der Waals surface area contributed by atoms with Crippen LogP contribution in [0.2, 0.25) is 0 Å². The normalized spacial score (nSPS) is 11.5. The summed E-state index contributed by atoms with van der Waals surface area (Å²) in [7, 11) is 0. The molecule has 1 N–H and O–H groups in total. The maximum atomic E-state index is 12.5. The van der Waals surface area contributed by atoms with Crippen molar-refractivity contribution in [3.63, 3.8) is 0 Å². The molecule has 0 saturated heterocycles. The number of nitrogens with zero attached hydrogens (tertiary/aromatic N) is 1. The number of benzene rings is 2. The van der Waals surface area contributed by atoms with E-state index in [1.54, 1.807) is 6.92 Å². The number of hydrogen-bond donors (Lipinski definition) is 1. The number of rotatable bonds is 7. The largest absolute Gasteiger partial charge is 0.464 e. The standard InChI is InChI=1S/C18H17BrN2O5/c1-2-26-18(23)15(10-12-6-4-3-5-7-12)20-17(22)13-8-9-14(19)16(11-13)21(24)25/h3-9,11,15H,2,10H2,1H3,(H,20,22). The predicted molar refractivity (Wildman–Crippen MR) is 98.8 cm³/mol. The number of esters is 1. The maximum absolute atomic E-state index is 12.5. The molecule has 26 heavy (non-hydrogen) atoms. The first-order chi connectivity index (χ1) is 12.4. The maximum Gasteiger partial charge on any atom is 0.328 e. The molecule has 0 aliphatic heterocycles. The Morgan fingerprint density at radius 1 is 1.23 bits per heavy atom. The molecule has 0 aliphatic carbocycles. The Kier molecular flexibility index (Phi) is 6.85. The van der Waals surface area contributed by atoms with Crippen molar-refractivity contribution < 1.29 is 19.2 Å². The highest BCUT2D eigenvalue weighted by Crippen LogP contribution is 2.25. The molecule has 2 aromatic carbocycles. The van der Waals surface area contributed by atoms with Crippen molar-refractivity contribution in [2.75, 3.05) is 6.61 Å². The van der Waals surface area contributed by atoms with Crippen LogP contribution in [0.5, 0.6) is 0 Å². The molecule has 136 valence electrons. The number of ether oxygens (including phenoxy) is 1. The lowest BCUT2D eigenvalue weighted by atomic mass is 10.1. The van der Waals surface area contributed by atoms with E-state index in [1.807, 2.05) is 30.3 Å². The number of hydrogen-bond acceptors (Lipinski definition) is 5. The third-order valence-electron chi connectivity index (χ3n) is 3.56. The molecule has 0 spiro atoms. The van der Waals surface area contributed by atoms with Gasteiger partial charge < -0.3 is 10.1 Å². The van der Waals surface area contributed by atoms with Crippen LogP contribution < -0.4 is 5.32 Å². The Bertz CT molecular complexity index is 810. The van der Waals surface area contributed by atoms with Crippen LogP contribution in [0.3, 0.4) is 0 Å². The van der Waals surface area contributed by atoms with Gasteiger partial charge in [0.1, 0.15) is 6.04 Å². The van der Waals surface area contributed by atoms with Crippen LogP contribution in [0.15, 0.2) is 53.0 Å². The Morgan fingerprint density at radius 2 is 1.92 bits per heavy atom. The Morgan fingerprint density at radius 3 is 2.54 bits per heavy atom. The zero-order valence-electron chi connectivity index (χ0n) is 14.0. The van der Waals surface area contributed by atoms with Gasteiger partial charge in [0.15, 0.2) is 0 Å². The minimum atomic E-state index is -0.896. The van der Waals surface area contributed by atoms with E-state index in [-0.39, 0.29) is 28.8 Å². The molecule has 7 nitrogen and oxygen atoms in total. The molecule has 8 heteroatoms. The molecule has 0 saturated carbocycles. The summed E-state index contributed by atoms with van der Waals surface area (Å²) >= 11 is 3.07. The van der Waals surface area contributed by atoms with Crippen molar-refractivity contribution >= 4 is 33.5 Å². The molecule has 1 unspecified atom stereocenters. The number of amides is 1. The van der Waals surface area contributed by atoms with E-state index in [0.29, 0.717) is 0 Å². The van der Waals surface area contributed by atoms with Crippen molar-refractivity contribution in [3.8, 4) is 0 Å².